The number of rotatable bonds is 0. The minimum absolute atomic E-state index is 0. The molecule has 0 spiro atoms. The first kappa shape index (κ1) is 15.6. The van der Waals surface area contributed by atoms with Gasteiger partial charge in [0.2, 0.25) is 0 Å². The summed E-state index contributed by atoms with van der Waals surface area (Å²) in [7, 11) is -2.17. The van der Waals surface area contributed by atoms with Gasteiger partial charge in [0.15, 0.2) is 0 Å². The van der Waals surface area contributed by atoms with Crippen LogP contribution in [0.5, 0.6) is 0 Å². The molecule has 0 aliphatic heterocycles. The molecule has 0 fully saturated rings. The van der Waals surface area contributed by atoms with E-state index in [1.54, 1.807) is 0 Å². The van der Waals surface area contributed by atoms with Gasteiger partial charge in [-0.2, -0.15) is 0 Å². The van der Waals surface area contributed by atoms with Gasteiger partial charge in [-0.3, -0.25) is 0 Å². The fourth-order valence-electron chi connectivity index (χ4n) is 0. The molecule has 0 saturated carbocycles. The molecule has 0 radical (unpaired) electrons. The maximum atomic E-state index is 7.17. The van der Waals surface area contributed by atoms with Crippen LogP contribution in [0, 0.1) is 0 Å². The summed E-state index contributed by atoms with van der Waals surface area (Å²) < 4.78 is 0. The van der Waals surface area contributed by atoms with E-state index in [0.717, 1.165) is 0 Å². The van der Waals surface area contributed by atoms with E-state index in [-0.39, 0.29) is 54.4 Å². The second-order valence-electron chi connectivity index (χ2n) is 0.346. The molecular weight excluding hydrogens is 212 g/mol. The van der Waals surface area contributed by atoms with Crippen molar-refractivity contribution in [3.05, 3.63) is 0 Å². The molecule has 0 amide bonds. The Bertz CT molecular complexity index is 12.3. The zero-order valence-corrected chi connectivity index (χ0v) is 2.42. The van der Waals surface area contributed by atoms with E-state index in [4.69, 9.17) is 15.1 Å². The van der Waals surface area contributed by atoms with Crippen molar-refractivity contribution in [2.75, 3.05) is 0 Å². The third-order valence-corrected chi connectivity index (χ3v) is 0. The quantitative estimate of drug-likeness (QED) is 0.365. The predicted molar refractivity (Wildman–Crippen MR) is 24.6 cm³/mol. The first-order chi connectivity index (χ1) is 1.73. The third kappa shape index (κ3) is 50.3. The molecule has 0 aliphatic carbocycles. The summed E-state index contributed by atoms with van der Waals surface area (Å²) in [5.74, 6) is 0. The molecule has 0 atom stereocenters. The predicted octanol–water partition coefficient (Wildman–Crippen LogP) is -3.79. The van der Waals surface area contributed by atoms with E-state index >= 15 is 0 Å². The van der Waals surface area contributed by atoms with Crippen LogP contribution in [0.4, 0.5) is 0 Å². The van der Waals surface area contributed by atoms with Gasteiger partial charge in [-0.1, -0.05) is 0 Å². The van der Waals surface area contributed by atoms with Crippen molar-refractivity contribution in [1.82, 2.24) is 0 Å². The van der Waals surface area contributed by atoms with Gasteiger partial charge in [-0.25, -0.2) is 0 Å². The molecule has 0 aliphatic rings. The normalized spacial score (nSPS) is 4.50. The van der Waals surface area contributed by atoms with Crippen LogP contribution in [0.15, 0.2) is 0 Å². The van der Waals surface area contributed by atoms with Gasteiger partial charge in [0.05, 0.1) is 0 Å². The topological polar surface area (TPSA) is 92.2 Å². The molecule has 0 saturated heterocycles. The van der Waals surface area contributed by atoms with E-state index in [0.29, 0.717) is 0 Å². The van der Waals surface area contributed by atoms with Crippen molar-refractivity contribution in [3.63, 3.8) is 0 Å². The van der Waals surface area contributed by atoms with Crippen LogP contribution >= 0.6 is 0 Å². The minimum atomic E-state index is -2.17. The van der Waals surface area contributed by atoms with Crippen LogP contribution in [0.1, 0.15) is 0 Å². The molecule has 5 N–H and O–H groups in total. The number of hydrogen-bond acceptors (Lipinski definition) is 3. The van der Waals surface area contributed by atoms with Crippen molar-refractivity contribution in [3.8, 4) is 0 Å². The average molecular weight is 219 g/mol. The standard InChI is InChI=1S/BH3O3.Ba.H2O.2H/c2-1(3)4;;;;/h2-4H;;1H2;;. The first-order valence-electron chi connectivity index (χ1n) is 0.775. The first-order valence-corrected chi connectivity index (χ1v) is 0.775. The van der Waals surface area contributed by atoms with Crippen molar-refractivity contribution < 1.29 is 20.5 Å². The summed E-state index contributed by atoms with van der Waals surface area (Å²) in [4.78, 5) is 0. The van der Waals surface area contributed by atoms with Crippen LogP contribution in [-0.4, -0.2) is 76.8 Å². The van der Waals surface area contributed by atoms with Crippen LogP contribution in [0.2, 0.25) is 0 Å². The molecule has 0 aromatic carbocycles. The van der Waals surface area contributed by atoms with E-state index < -0.39 is 7.32 Å². The van der Waals surface area contributed by atoms with E-state index in [1.165, 1.54) is 0 Å². The summed E-state index contributed by atoms with van der Waals surface area (Å²) in [5.41, 5.74) is 0. The summed E-state index contributed by atoms with van der Waals surface area (Å²) in [6.07, 6.45) is 0. The zero-order valence-electron chi connectivity index (χ0n) is 2.42. The summed E-state index contributed by atoms with van der Waals surface area (Å²) in [5, 5.41) is 21.5. The van der Waals surface area contributed by atoms with E-state index in [1.807, 2.05) is 0 Å². The van der Waals surface area contributed by atoms with Gasteiger partial charge in [0.25, 0.3) is 0 Å². The molecule has 0 heterocycles. The van der Waals surface area contributed by atoms with Crippen LogP contribution in [-0.2, 0) is 0 Å². The Balaban J connectivity index is -0.0000000450. The second-order valence-corrected chi connectivity index (χ2v) is 0.346. The SMILES string of the molecule is O.OB(O)O.[BaH2]. The molecule has 36 valence electrons. The zero-order chi connectivity index (χ0) is 3.58. The Morgan fingerprint density at radius 3 is 1.00 bits per heavy atom. The Hall–Kier alpha value is 1.48. The monoisotopic (exact) mass is 220 g/mol. The summed E-state index contributed by atoms with van der Waals surface area (Å²) >= 11 is 0. The summed E-state index contributed by atoms with van der Waals surface area (Å²) in [6.45, 7) is 0. The van der Waals surface area contributed by atoms with Crippen LogP contribution < -0.4 is 0 Å². The van der Waals surface area contributed by atoms with Crippen molar-refractivity contribution >= 4 is 56.2 Å². The molecule has 0 bridgehead atoms. The molecule has 6 heavy (non-hydrogen) atoms. The molecular formula is H7BBaO4. The molecule has 0 unspecified atom stereocenters. The average Bonchev–Trinajstić information content (AvgIpc) is 0.811. The van der Waals surface area contributed by atoms with Crippen LogP contribution in [0.3, 0.4) is 0 Å². The Kier molecular flexibility index (Phi) is 25.3. The van der Waals surface area contributed by atoms with Crippen molar-refractivity contribution in [2.45, 2.75) is 0 Å². The molecule has 0 aromatic rings. The molecule has 4 nitrogen and oxygen atoms in total. The van der Waals surface area contributed by atoms with Crippen LogP contribution in [0.25, 0.3) is 0 Å². The van der Waals surface area contributed by atoms with Gasteiger partial charge in [0, 0.05) is 0 Å². The Labute approximate surface area is 75.7 Å². The van der Waals surface area contributed by atoms with Crippen molar-refractivity contribution in [1.29, 1.82) is 0 Å². The van der Waals surface area contributed by atoms with Crippen molar-refractivity contribution in [2.24, 2.45) is 0 Å². The molecule has 0 rings (SSSR count). The Morgan fingerprint density at radius 1 is 1.00 bits per heavy atom. The van der Waals surface area contributed by atoms with Gasteiger partial charge < -0.3 is 20.5 Å². The van der Waals surface area contributed by atoms with Gasteiger partial charge >= 0.3 is 56.2 Å². The number of hydrogen-bond donors (Lipinski definition) is 3. The third-order valence-electron chi connectivity index (χ3n) is 0. The van der Waals surface area contributed by atoms with E-state index in [9.17, 15) is 0 Å². The maximum absolute atomic E-state index is 7.17. The molecule has 6 heteroatoms. The van der Waals surface area contributed by atoms with Gasteiger partial charge in [0.1, 0.15) is 0 Å². The summed E-state index contributed by atoms with van der Waals surface area (Å²) in [6, 6.07) is 0. The fourth-order valence-corrected chi connectivity index (χ4v) is 0. The van der Waals surface area contributed by atoms with E-state index in [2.05, 4.69) is 0 Å². The van der Waals surface area contributed by atoms with Gasteiger partial charge in [-0.05, 0) is 0 Å². The second kappa shape index (κ2) is 9.69. The fraction of sp³-hybridized carbons (Fsp3) is 0. The van der Waals surface area contributed by atoms with Gasteiger partial charge in [-0.15, -0.1) is 0 Å². The Morgan fingerprint density at radius 2 is 1.00 bits per heavy atom. The molecule has 0 aromatic heterocycles.